The van der Waals surface area contributed by atoms with Gasteiger partial charge in [0.25, 0.3) is 0 Å². The van der Waals surface area contributed by atoms with E-state index in [2.05, 4.69) is 4.99 Å². The smallest absolute Gasteiger partial charge is 0.353 e. The molecule has 1 heterocycles. The summed E-state index contributed by atoms with van der Waals surface area (Å²) in [5.41, 5.74) is -0.766. The second-order valence-corrected chi connectivity index (χ2v) is 3.56. The van der Waals surface area contributed by atoms with Gasteiger partial charge in [0.15, 0.2) is 0 Å². The van der Waals surface area contributed by atoms with E-state index in [1.54, 1.807) is 0 Å². The SMILES string of the molecule is CCC1(CC)C(=O)N(C)C(=O)N=C1OC. The van der Waals surface area contributed by atoms with Crippen molar-refractivity contribution in [2.75, 3.05) is 14.2 Å². The molecule has 15 heavy (non-hydrogen) atoms. The second-order valence-electron chi connectivity index (χ2n) is 3.56. The molecule has 0 bridgehead atoms. The lowest BCUT2D eigenvalue weighted by Crippen LogP contribution is -2.52. The summed E-state index contributed by atoms with van der Waals surface area (Å²) in [6.07, 6.45) is 1.15. The number of ether oxygens (including phenoxy) is 1. The van der Waals surface area contributed by atoms with E-state index < -0.39 is 11.4 Å². The van der Waals surface area contributed by atoms with Crippen LogP contribution in [0.15, 0.2) is 4.99 Å². The Kier molecular flexibility index (Phi) is 3.12. The Morgan fingerprint density at radius 1 is 1.33 bits per heavy atom. The van der Waals surface area contributed by atoms with E-state index in [-0.39, 0.29) is 11.8 Å². The number of imide groups is 1. The van der Waals surface area contributed by atoms with Crippen molar-refractivity contribution in [2.45, 2.75) is 26.7 Å². The summed E-state index contributed by atoms with van der Waals surface area (Å²) in [5.74, 6) is 0.00458. The van der Waals surface area contributed by atoms with Crippen LogP contribution in [0.1, 0.15) is 26.7 Å². The van der Waals surface area contributed by atoms with Crippen LogP contribution in [-0.4, -0.2) is 36.9 Å². The summed E-state index contributed by atoms with van der Waals surface area (Å²) < 4.78 is 5.06. The Hall–Kier alpha value is -1.39. The van der Waals surface area contributed by atoms with Crippen molar-refractivity contribution < 1.29 is 14.3 Å². The molecule has 3 amide bonds. The van der Waals surface area contributed by atoms with E-state index in [1.807, 2.05) is 13.8 Å². The molecule has 0 atom stereocenters. The van der Waals surface area contributed by atoms with Crippen LogP contribution in [0.2, 0.25) is 0 Å². The monoisotopic (exact) mass is 212 g/mol. The Morgan fingerprint density at radius 3 is 2.27 bits per heavy atom. The minimum absolute atomic E-state index is 0.232. The molecule has 0 aromatic rings. The highest BCUT2D eigenvalue weighted by atomic mass is 16.5. The normalized spacial score (nSPS) is 20.3. The van der Waals surface area contributed by atoms with Gasteiger partial charge in [-0.25, -0.2) is 4.79 Å². The van der Waals surface area contributed by atoms with Gasteiger partial charge in [-0.2, -0.15) is 4.99 Å². The van der Waals surface area contributed by atoms with Crippen LogP contribution in [0.3, 0.4) is 0 Å². The number of carbonyl (C=O) groups is 2. The van der Waals surface area contributed by atoms with Crippen molar-refractivity contribution in [1.29, 1.82) is 0 Å². The van der Waals surface area contributed by atoms with Crippen molar-refractivity contribution in [1.82, 2.24) is 4.90 Å². The number of rotatable bonds is 2. The molecule has 5 heteroatoms. The molecule has 0 aromatic carbocycles. The number of hydrogen-bond acceptors (Lipinski definition) is 3. The number of hydrogen-bond donors (Lipinski definition) is 0. The maximum absolute atomic E-state index is 12.0. The lowest BCUT2D eigenvalue weighted by molar-refractivity contribution is -0.135. The van der Waals surface area contributed by atoms with Crippen LogP contribution in [0.25, 0.3) is 0 Å². The molecule has 1 rings (SSSR count). The van der Waals surface area contributed by atoms with Gasteiger partial charge in [-0.05, 0) is 12.8 Å². The molecule has 0 spiro atoms. The number of nitrogens with zero attached hydrogens (tertiary/aromatic N) is 2. The summed E-state index contributed by atoms with van der Waals surface area (Å²) in [4.78, 5) is 28.2. The summed E-state index contributed by atoms with van der Waals surface area (Å²) in [7, 11) is 2.88. The summed E-state index contributed by atoms with van der Waals surface area (Å²) in [6, 6.07) is -0.561. The first kappa shape index (κ1) is 11.7. The molecule has 0 N–H and O–H groups in total. The van der Waals surface area contributed by atoms with Crippen LogP contribution < -0.4 is 0 Å². The van der Waals surface area contributed by atoms with Gasteiger partial charge >= 0.3 is 6.03 Å². The minimum atomic E-state index is -0.766. The largest absolute Gasteiger partial charge is 0.483 e. The van der Waals surface area contributed by atoms with Crippen molar-refractivity contribution in [3.63, 3.8) is 0 Å². The summed E-state index contributed by atoms with van der Waals surface area (Å²) >= 11 is 0. The van der Waals surface area contributed by atoms with Crippen LogP contribution >= 0.6 is 0 Å². The van der Waals surface area contributed by atoms with E-state index in [0.717, 1.165) is 4.90 Å². The van der Waals surface area contributed by atoms with Gasteiger partial charge in [-0.3, -0.25) is 9.69 Å². The zero-order valence-electron chi connectivity index (χ0n) is 9.53. The molecule has 1 aliphatic heterocycles. The fourth-order valence-electron chi connectivity index (χ4n) is 1.86. The van der Waals surface area contributed by atoms with Gasteiger partial charge in [-0.1, -0.05) is 13.8 Å². The second kappa shape index (κ2) is 4.00. The van der Waals surface area contributed by atoms with E-state index in [9.17, 15) is 9.59 Å². The molecule has 0 aromatic heterocycles. The lowest BCUT2D eigenvalue weighted by Gasteiger charge is -2.35. The first-order valence-electron chi connectivity index (χ1n) is 4.98. The molecule has 84 valence electrons. The fraction of sp³-hybridized carbons (Fsp3) is 0.700. The standard InChI is InChI=1S/C10H16N2O3/c1-5-10(6-2)7(15-4)11-9(14)12(3)8(10)13/h5-6H2,1-4H3. The molecule has 0 aliphatic carbocycles. The number of carbonyl (C=O) groups excluding carboxylic acids is 2. The molecule has 0 saturated carbocycles. The molecular weight excluding hydrogens is 196 g/mol. The van der Waals surface area contributed by atoms with Gasteiger partial charge in [-0.15, -0.1) is 0 Å². The minimum Gasteiger partial charge on any atom is -0.483 e. The van der Waals surface area contributed by atoms with Crippen LogP contribution in [-0.2, 0) is 9.53 Å². The average molecular weight is 212 g/mol. The van der Waals surface area contributed by atoms with Crippen molar-refractivity contribution in [3.8, 4) is 0 Å². The third-order valence-corrected chi connectivity index (χ3v) is 3.01. The molecule has 1 aliphatic rings. The van der Waals surface area contributed by atoms with Gasteiger partial charge in [0.2, 0.25) is 11.8 Å². The summed E-state index contributed by atoms with van der Waals surface area (Å²) in [6.45, 7) is 3.78. The van der Waals surface area contributed by atoms with Crippen molar-refractivity contribution in [2.24, 2.45) is 10.4 Å². The highest BCUT2D eigenvalue weighted by Crippen LogP contribution is 2.34. The zero-order valence-corrected chi connectivity index (χ0v) is 9.53. The maximum atomic E-state index is 12.0. The van der Waals surface area contributed by atoms with E-state index in [4.69, 9.17) is 4.74 Å². The van der Waals surface area contributed by atoms with Crippen LogP contribution in [0.5, 0.6) is 0 Å². The highest BCUT2D eigenvalue weighted by Gasteiger charge is 2.48. The Bertz CT molecular complexity index is 319. The predicted octanol–water partition coefficient (Wildman–Crippen LogP) is 1.43. The van der Waals surface area contributed by atoms with Gasteiger partial charge in [0, 0.05) is 7.05 Å². The van der Waals surface area contributed by atoms with Crippen LogP contribution in [0, 0.1) is 5.41 Å². The third kappa shape index (κ3) is 1.52. The quantitative estimate of drug-likeness (QED) is 0.695. The molecule has 0 fully saturated rings. The average Bonchev–Trinajstić information content (AvgIpc) is 2.26. The first-order chi connectivity index (χ1) is 7.03. The Morgan fingerprint density at radius 2 is 1.87 bits per heavy atom. The fourth-order valence-corrected chi connectivity index (χ4v) is 1.86. The highest BCUT2D eigenvalue weighted by molar-refractivity contribution is 6.16. The molecule has 0 unspecified atom stereocenters. The molecule has 5 nitrogen and oxygen atoms in total. The van der Waals surface area contributed by atoms with E-state index in [0.29, 0.717) is 12.8 Å². The van der Waals surface area contributed by atoms with E-state index in [1.165, 1.54) is 14.2 Å². The first-order valence-corrected chi connectivity index (χ1v) is 4.98. The summed E-state index contributed by atoms with van der Waals surface area (Å²) in [5, 5.41) is 0. The van der Waals surface area contributed by atoms with Crippen molar-refractivity contribution in [3.05, 3.63) is 0 Å². The number of aliphatic imine (C=N–C) groups is 1. The van der Waals surface area contributed by atoms with Gasteiger partial charge in [0.1, 0.15) is 5.41 Å². The van der Waals surface area contributed by atoms with Gasteiger partial charge in [0.05, 0.1) is 7.11 Å². The predicted molar refractivity (Wildman–Crippen MR) is 55.6 cm³/mol. The van der Waals surface area contributed by atoms with E-state index >= 15 is 0 Å². The number of amides is 3. The molecule has 0 radical (unpaired) electrons. The van der Waals surface area contributed by atoms with Gasteiger partial charge < -0.3 is 4.74 Å². The number of methoxy groups -OCH3 is 1. The lowest BCUT2D eigenvalue weighted by atomic mass is 9.79. The van der Waals surface area contributed by atoms with Crippen molar-refractivity contribution >= 4 is 17.8 Å². The number of urea groups is 1. The van der Waals surface area contributed by atoms with Crippen LogP contribution in [0.4, 0.5) is 4.79 Å². The third-order valence-electron chi connectivity index (χ3n) is 3.01. The molecule has 0 saturated heterocycles. The topological polar surface area (TPSA) is 59.0 Å². The molecular formula is C10H16N2O3. The maximum Gasteiger partial charge on any atom is 0.353 e. The Labute approximate surface area is 89.1 Å². The Balaban J connectivity index is 3.28. The zero-order chi connectivity index (χ0) is 11.6.